The van der Waals surface area contributed by atoms with E-state index in [0.717, 1.165) is 14.9 Å². The predicted octanol–water partition coefficient (Wildman–Crippen LogP) is 3.19. The molecule has 1 aromatic carbocycles. The van der Waals surface area contributed by atoms with Gasteiger partial charge in [0, 0.05) is 22.6 Å². The van der Waals surface area contributed by atoms with Crippen molar-refractivity contribution in [1.29, 1.82) is 0 Å². The summed E-state index contributed by atoms with van der Waals surface area (Å²) in [5.74, 6) is 0.393. The van der Waals surface area contributed by atoms with Gasteiger partial charge in [0.05, 0.1) is 0 Å². The third-order valence-corrected chi connectivity index (χ3v) is 4.16. The molecule has 1 saturated heterocycles. The first-order chi connectivity index (χ1) is 11.0. The van der Waals surface area contributed by atoms with Crippen LogP contribution in [0.2, 0.25) is 0 Å². The van der Waals surface area contributed by atoms with Crippen LogP contribution >= 0.6 is 15.9 Å². The molecule has 23 heavy (non-hydrogen) atoms. The second-order valence-corrected chi connectivity index (χ2v) is 6.13. The third-order valence-electron chi connectivity index (χ3n) is 3.67. The average Bonchev–Trinajstić information content (AvgIpc) is 3.16. The van der Waals surface area contributed by atoms with Crippen molar-refractivity contribution in [2.75, 3.05) is 11.9 Å². The number of hydrogen-bond donors (Lipinski definition) is 2. The van der Waals surface area contributed by atoms with Crippen molar-refractivity contribution >= 4 is 33.7 Å². The number of rotatable bonds is 3. The molecule has 1 atom stereocenters. The van der Waals surface area contributed by atoms with Crippen LogP contribution in [0.3, 0.4) is 0 Å². The molecule has 2 amide bonds. The van der Waals surface area contributed by atoms with Gasteiger partial charge in [0.25, 0.3) is 0 Å². The van der Waals surface area contributed by atoms with Crippen LogP contribution in [-0.4, -0.2) is 39.8 Å². The molecule has 1 aromatic heterocycles. The topological polar surface area (TPSA) is 95.7 Å². The minimum Gasteiger partial charge on any atom is -0.465 e. The minimum absolute atomic E-state index is 0.266. The van der Waals surface area contributed by atoms with Crippen LogP contribution in [0.4, 0.5) is 10.6 Å². The van der Waals surface area contributed by atoms with Gasteiger partial charge in [-0.3, -0.25) is 9.69 Å². The molecule has 7 nitrogen and oxygen atoms in total. The molecule has 8 heteroatoms. The number of carbonyl (C=O) groups is 2. The number of benzene rings is 1. The summed E-state index contributed by atoms with van der Waals surface area (Å²) in [5, 5.41) is 15.5. The highest BCUT2D eigenvalue weighted by molar-refractivity contribution is 9.10. The Hall–Kier alpha value is -2.35. The molecule has 1 aliphatic rings. The number of likely N-dealkylation sites (tertiary alicyclic amines) is 1. The molecule has 2 aromatic rings. The average molecular weight is 380 g/mol. The fourth-order valence-electron chi connectivity index (χ4n) is 2.59. The molecule has 0 bridgehead atoms. The van der Waals surface area contributed by atoms with E-state index in [4.69, 9.17) is 9.63 Å². The van der Waals surface area contributed by atoms with Crippen LogP contribution in [0, 0.1) is 0 Å². The Bertz CT molecular complexity index is 746. The largest absolute Gasteiger partial charge is 0.465 e. The SMILES string of the molecule is O=C(Nc1cc(-c2cccc(Br)c2)on1)C1CCCN1C(=O)O. The minimum atomic E-state index is -1.09. The summed E-state index contributed by atoms with van der Waals surface area (Å²) in [4.78, 5) is 24.5. The first-order valence-electron chi connectivity index (χ1n) is 7.07. The van der Waals surface area contributed by atoms with E-state index in [1.807, 2.05) is 24.3 Å². The Balaban J connectivity index is 1.72. The van der Waals surface area contributed by atoms with Crippen molar-refractivity contribution in [3.63, 3.8) is 0 Å². The van der Waals surface area contributed by atoms with Crippen molar-refractivity contribution in [3.05, 3.63) is 34.8 Å². The van der Waals surface area contributed by atoms with E-state index in [2.05, 4.69) is 26.4 Å². The van der Waals surface area contributed by atoms with Crippen LogP contribution in [0.1, 0.15) is 12.8 Å². The molecule has 1 fully saturated rings. The quantitative estimate of drug-likeness (QED) is 0.853. The second kappa shape index (κ2) is 6.41. The molecule has 0 radical (unpaired) electrons. The first-order valence-corrected chi connectivity index (χ1v) is 7.87. The summed E-state index contributed by atoms with van der Waals surface area (Å²) in [6.07, 6.45) is 0.0960. The lowest BCUT2D eigenvalue weighted by atomic mass is 10.2. The summed E-state index contributed by atoms with van der Waals surface area (Å²) < 4.78 is 6.13. The summed E-state index contributed by atoms with van der Waals surface area (Å²) >= 11 is 3.38. The van der Waals surface area contributed by atoms with Crippen molar-refractivity contribution in [1.82, 2.24) is 10.1 Å². The Kier molecular flexibility index (Phi) is 4.33. The van der Waals surface area contributed by atoms with E-state index in [1.165, 1.54) is 0 Å². The zero-order chi connectivity index (χ0) is 16.4. The molecule has 0 saturated carbocycles. The fraction of sp³-hybridized carbons (Fsp3) is 0.267. The van der Waals surface area contributed by atoms with E-state index in [-0.39, 0.29) is 11.7 Å². The maximum absolute atomic E-state index is 12.2. The van der Waals surface area contributed by atoms with Crippen LogP contribution in [0.5, 0.6) is 0 Å². The van der Waals surface area contributed by atoms with Gasteiger partial charge in [-0.1, -0.05) is 33.2 Å². The van der Waals surface area contributed by atoms with E-state index < -0.39 is 12.1 Å². The van der Waals surface area contributed by atoms with Gasteiger partial charge in [0.2, 0.25) is 5.91 Å². The maximum atomic E-state index is 12.2. The van der Waals surface area contributed by atoms with E-state index in [0.29, 0.717) is 25.1 Å². The second-order valence-electron chi connectivity index (χ2n) is 5.21. The Morgan fingerprint density at radius 2 is 2.22 bits per heavy atom. The molecule has 120 valence electrons. The molecule has 2 N–H and O–H groups in total. The van der Waals surface area contributed by atoms with E-state index in [9.17, 15) is 9.59 Å². The molecular formula is C15H14BrN3O4. The van der Waals surface area contributed by atoms with Gasteiger partial charge in [-0.25, -0.2) is 4.79 Å². The number of carboxylic acid groups (broad SMARTS) is 1. The Labute approximate surface area is 140 Å². The number of anilines is 1. The number of halogens is 1. The van der Waals surface area contributed by atoms with Gasteiger partial charge in [-0.15, -0.1) is 0 Å². The Morgan fingerprint density at radius 1 is 1.39 bits per heavy atom. The zero-order valence-corrected chi connectivity index (χ0v) is 13.6. The molecule has 3 rings (SSSR count). The molecule has 0 spiro atoms. The predicted molar refractivity (Wildman–Crippen MR) is 86.0 cm³/mol. The van der Waals surface area contributed by atoms with Gasteiger partial charge in [-0.2, -0.15) is 0 Å². The molecule has 1 aliphatic heterocycles. The van der Waals surface area contributed by atoms with E-state index in [1.54, 1.807) is 6.07 Å². The highest BCUT2D eigenvalue weighted by Gasteiger charge is 2.34. The van der Waals surface area contributed by atoms with Gasteiger partial charge in [-0.05, 0) is 25.0 Å². The molecule has 1 unspecified atom stereocenters. The highest BCUT2D eigenvalue weighted by atomic mass is 79.9. The van der Waals surface area contributed by atoms with Crippen LogP contribution in [-0.2, 0) is 4.79 Å². The first kappa shape index (κ1) is 15.5. The number of amides is 2. The number of carbonyl (C=O) groups excluding carboxylic acids is 1. The number of nitrogens with zero attached hydrogens (tertiary/aromatic N) is 2. The number of hydrogen-bond acceptors (Lipinski definition) is 4. The third kappa shape index (κ3) is 3.37. The lowest BCUT2D eigenvalue weighted by molar-refractivity contribution is -0.119. The molecule has 0 aliphatic carbocycles. The smallest absolute Gasteiger partial charge is 0.407 e. The lowest BCUT2D eigenvalue weighted by Crippen LogP contribution is -2.42. The van der Waals surface area contributed by atoms with Gasteiger partial charge in [0.15, 0.2) is 11.6 Å². The normalized spacial score (nSPS) is 17.3. The van der Waals surface area contributed by atoms with Crippen molar-refractivity contribution in [2.45, 2.75) is 18.9 Å². The zero-order valence-electron chi connectivity index (χ0n) is 12.0. The van der Waals surface area contributed by atoms with Crippen molar-refractivity contribution in [3.8, 4) is 11.3 Å². The van der Waals surface area contributed by atoms with Crippen molar-refractivity contribution < 1.29 is 19.2 Å². The van der Waals surface area contributed by atoms with Crippen molar-refractivity contribution in [2.24, 2.45) is 0 Å². The summed E-state index contributed by atoms with van der Waals surface area (Å²) in [5.41, 5.74) is 0.820. The van der Waals surface area contributed by atoms with E-state index >= 15 is 0 Å². The lowest BCUT2D eigenvalue weighted by Gasteiger charge is -2.19. The van der Waals surface area contributed by atoms with Gasteiger partial charge in [0.1, 0.15) is 6.04 Å². The van der Waals surface area contributed by atoms with Gasteiger partial charge < -0.3 is 14.9 Å². The number of nitrogens with one attached hydrogen (secondary N) is 1. The highest BCUT2D eigenvalue weighted by Crippen LogP contribution is 2.26. The molecule has 2 heterocycles. The van der Waals surface area contributed by atoms with Crippen LogP contribution < -0.4 is 5.32 Å². The standard InChI is InChI=1S/C15H14BrN3O4/c16-10-4-1-3-9(7-10)12-8-13(18-23-12)17-14(20)11-5-2-6-19(11)15(21)22/h1,3-4,7-8,11H,2,5-6H2,(H,21,22)(H,17,18,20). The van der Waals surface area contributed by atoms with Crippen LogP contribution in [0.15, 0.2) is 39.3 Å². The number of aromatic nitrogens is 1. The monoisotopic (exact) mass is 379 g/mol. The fourth-order valence-corrected chi connectivity index (χ4v) is 2.99. The van der Waals surface area contributed by atoms with Gasteiger partial charge >= 0.3 is 6.09 Å². The van der Waals surface area contributed by atoms with Crippen LogP contribution in [0.25, 0.3) is 11.3 Å². The summed E-state index contributed by atoms with van der Waals surface area (Å²) in [6.45, 7) is 0.371. The maximum Gasteiger partial charge on any atom is 0.407 e. The molecular weight excluding hydrogens is 366 g/mol. The summed E-state index contributed by atoms with van der Waals surface area (Å²) in [6, 6.07) is 8.42. The summed E-state index contributed by atoms with van der Waals surface area (Å²) in [7, 11) is 0. The Morgan fingerprint density at radius 3 is 2.96 bits per heavy atom.